The number of hydrogen-bond donors (Lipinski definition) is 0. The van der Waals surface area contributed by atoms with Crippen molar-refractivity contribution < 1.29 is 0 Å². The number of nitrogens with zero attached hydrogens (tertiary/aromatic N) is 2. The van der Waals surface area contributed by atoms with Crippen LogP contribution in [0, 0.1) is 22.7 Å². The Hall–Kier alpha value is -1.58. The average molecular weight is 247 g/mol. The van der Waals surface area contributed by atoms with E-state index >= 15 is 0 Å². The summed E-state index contributed by atoms with van der Waals surface area (Å²) in [4.78, 5) is 0. The molecule has 0 bridgehead atoms. The van der Waals surface area contributed by atoms with E-state index in [2.05, 4.69) is 22.0 Å². The van der Waals surface area contributed by atoms with Gasteiger partial charge in [-0.2, -0.15) is 10.5 Å². The number of halogens is 1. The lowest BCUT2D eigenvalue weighted by Gasteiger charge is -2.01. The molecule has 3 heteroatoms. The molecule has 1 rings (SSSR count). The minimum Gasteiger partial charge on any atom is -0.193 e. The lowest BCUT2D eigenvalue weighted by Crippen LogP contribution is -1.86. The molecule has 68 valence electrons. The molecule has 0 unspecified atom stereocenters. The third-order valence-corrected chi connectivity index (χ3v) is 2.36. The monoisotopic (exact) mass is 246 g/mol. The Morgan fingerprint density at radius 3 is 2.71 bits per heavy atom. The number of hydrogen-bond acceptors (Lipinski definition) is 2. The first-order valence-corrected chi connectivity index (χ1v) is 5.09. The second kappa shape index (κ2) is 5.21. The molecule has 0 saturated carbocycles. The number of alkyl halides is 1. The molecule has 0 heterocycles. The second-order valence-electron chi connectivity index (χ2n) is 2.62. The number of allylic oxidation sites excluding steroid dienone is 1. The molecule has 0 aliphatic heterocycles. The van der Waals surface area contributed by atoms with Gasteiger partial charge in [-0.1, -0.05) is 22.0 Å². The fourth-order valence-electron chi connectivity index (χ4n) is 1.07. The van der Waals surface area contributed by atoms with Crippen LogP contribution < -0.4 is 0 Å². The van der Waals surface area contributed by atoms with E-state index in [1.165, 1.54) is 6.08 Å². The zero-order chi connectivity index (χ0) is 10.4. The zero-order valence-electron chi connectivity index (χ0n) is 7.37. The van der Waals surface area contributed by atoms with Gasteiger partial charge in [-0.05, 0) is 29.3 Å². The Balaban J connectivity index is 3.18. The lowest BCUT2D eigenvalue weighted by atomic mass is 10.1. The molecule has 0 amide bonds. The molecule has 0 aromatic heterocycles. The maximum atomic E-state index is 8.70. The quantitative estimate of drug-likeness (QED) is 0.595. The smallest absolute Gasteiger partial charge is 0.0991 e. The van der Waals surface area contributed by atoms with Gasteiger partial charge in [-0.15, -0.1) is 0 Å². The molecule has 2 nitrogen and oxygen atoms in total. The van der Waals surface area contributed by atoms with Gasteiger partial charge < -0.3 is 0 Å². The van der Waals surface area contributed by atoms with E-state index in [1.54, 1.807) is 18.2 Å². The third-order valence-electron chi connectivity index (χ3n) is 1.76. The van der Waals surface area contributed by atoms with Crippen molar-refractivity contribution in [1.82, 2.24) is 0 Å². The topological polar surface area (TPSA) is 47.6 Å². The second-order valence-corrected chi connectivity index (χ2v) is 3.18. The molecular formula is C11H7BrN2. The van der Waals surface area contributed by atoms with Gasteiger partial charge in [-0.25, -0.2) is 0 Å². The zero-order valence-corrected chi connectivity index (χ0v) is 8.95. The van der Waals surface area contributed by atoms with Gasteiger partial charge in [0, 0.05) is 11.4 Å². The van der Waals surface area contributed by atoms with Crippen LogP contribution in [0.25, 0.3) is 6.08 Å². The lowest BCUT2D eigenvalue weighted by molar-refractivity contribution is 1.38. The fourth-order valence-corrected chi connectivity index (χ4v) is 1.58. The first-order valence-electron chi connectivity index (χ1n) is 3.97. The van der Waals surface area contributed by atoms with Crippen LogP contribution in [0.1, 0.15) is 16.7 Å². The van der Waals surface area contributed by atoms with Crippen molar-refractivity contribution in [2.45, 2.75) is 5.33 Å². The summed E-state index contributed by atoms with van der Waals surface area (Å²) in [5.74, 6) is 0. The molecular weight excluding hydrogens is 240 g/mol. The first kappa shape index (κ1) is 10.5. The summed E-state index contributed by atoms with van der Waals surface area (Å²) in [6, 6.07) is 9.40. The maximum absolute atomic E-state index is 8.70. The van der Waals surface area contributed by atoms with E-state index in [4.69, 9.17) is 10.5 Å². The van der Waals surface area contributed by atoms with Gasteiger partial charge in [0.05, 0.1) is 17.7 Å². The van der Waals surface area contributed by atoms with Gasteiger partial charge in [-0.3, -0.25) is 0 Å². The van der Waals surface area contributed by atoms with Crippen LogP contribution in [0.2, 0.25) is 0 Å². The van der Waals surface area contributed by atoms with Crippen LogP contribution in [0.5, 0.6) is 0 Å². The molecule has 0 aliphatic rings. The highest BCUT2D eigenvalue weighted by Crippen LogP contribution is 2.16. The molecule has 14 heavy (non-hydrogen) atoms. The summed E-state index contributed by atoms with van der Waals surface area (Å²) in [6.07, 6.45) is 3.11. The highest BCUT2D eigenvalue weighted by atomic mass is 79.9. The molecule has 1 aromatic rings. The van der Waals surface area contributed by atoms with E-state index in [1.807, 2.05) is 12.1 Å². The van der Waals surface area contributed by atoms with Crippen LogP contribution >= 0.6 is 15.9 Å². The van der Waals surface area contributed by atoms with Crippen LogP contribution in [-0.4, -0.2) is 0 Å². The largest absolute Gasteiger partial charge is 0.193 e. The van der Waals surface area contributed by atoms with Crippen molar-refractivity contribution in [1.29, 1.82) is 10.5 Å². The van der Waals surface area contributed by atoms with Gasteiger partial charge in [0.15, 0.2) is 0 Å². The van der Waals surface area contributed by atoms with Gasteiger partial charge >= 0.3 is 0 Å². The van der Waals surface area contributed by atoms with Crippen LogP contribution in [0.3, 0.4) is 0 Å². The minimum absolute atomic E-state index is 0.604. The van der Waals surface area contributed by atoms with Crippen LogP contribution in [0.15, 0.2) is 24.3 Å². The summed E-state index contributed by atoms with van der Waals surface area (Å²) in [5, 5.41) is 17.8. The van der Waals surface area contributed by atoms with E-state index < -0.39 is 0 Å². The summed E-state index contributed by atoms with van der Waals surface area (Å²) < 4.78 is 0. The molecule has 0 aliphatic carbocycles. The van der Waals surface area contributed by atoms with Crippen LogP contribution in [0.4, 0.5) is 0 Å². The summed E-state index contributed by atoms with van der Waals surface area (Å²) in [5.41, 5.74) is 2.57. The summed E-state index contributed by atoms with van der Waals surface area (Å²) in [6.45, 7) is 0. The number of rotatable bonds is 2. The molecule has 0 spiro atoms. The van der Waals surface area contributed by atoms with Gasteiger partial charge in [0.25, 0.3) is 0 Å². The Bertz CT molecular complexity index is 436. The van der Waals surface area contributed by atoms with E-state index in [0.717, 1.165) is 11.1 Å². The molecule has 0 fully saturated rings. The predicted octanol–water partition coefficient (Wildman–Crippen LogP) is 2.99. The average Bonchev–Trinajstić information content (AvgIpc) is 2.25. The van der Waals surface area contributed by atoms with Crippen molar-refractivity contribution in [3.63, 3.8) is 0 Å². The van der Waals surface area contributed by atoms with Crippen molar-refractivity contribution in [3.8, 4) is 12.1 Å². The summed E-state index contributed by atoms with van der Waals surface area (Å²) >= 11 is 3.35. The Labute approximate surface area is 91.2 Å². The highest BCUT2D eigenvalue weighted by Gasteiger charge is 1.99. The van der Waals surface area contributed by atoms with Crippen molar-refractivity contribution in [2.24, 2.45) is 0 Å². The summed E-state index contributed by atoms with van der Waals surface area (Å²) in [7, 11) is 0. The van der Waals surface area contributed by atoms with Crippen LogP contribution in [-0.2, 0) is 5.33 Å². The Kier molecular flexibility index (Phi) is 3.91. The third kappa shape index (κ3) is 2.45. The van der Waals surface area contributed by atoms with Gasteiger partial charge in [0.1, 0.15) is 0 Å². The molecule has 0 N–H and O–H groups in total. The Morgan fingerprint density at radius 1 is 1.36 bits per heavy atom. The number of nitriles is 2. The standard InChI is InChI=1S/C11H7BrN2/c12-7-11-4-3-9(8-14)6-10(11)2-1-5-13/h1-4,6H,7H2. The normalized spacial score (nSPS) is 9.64. The van der Waals surface area contributed by atoms with Crippen molar-refractivity contribution in [2.75, 3.05) is 0 Å². The first-order chi connectivity index (χ1) is 6.81. The van der Waals surface area contributed by atoms with Crippen molar-refractivity contribution in [3.05, 3.63) is 41.0 Å². The molecule has 0 radical (unpaired) electrons. The SMILES string of the molecule is N#CC=Cc1cc(C#N)ccc1CBr. The molecule has 0 saturated heterocycles. The van der Waals surface area contributed by atoms with Gasteiger partial charge in [0.2, 0.25) is 0 Å². The van der Waals surface area contributed by atoms with E-state index in [9.17, 15) is 0 Å². The van der Waals surface area contributed by atoms with E-state index in [0.29, 0.717) is 10.9 Å². The molecule has 0 atom stereocenters. The Morgan fingerprint density at radius 2 is 2.14 bits per heavy atom. The fraction of sp³-hybridized carbons (Fsp3) is 0.0909. The minimum atomic E-state index is 0.604. The number of benzene rings is 1. The van der Waals surface area contributed by atoms with E-state index in [-0.39, 0.29) is 0 Å². The highest BCUT2D eigenvalue weighted by molar-refractivity contribution is 9.08. The van der Waals surface area contributed by atoms with Crippen molar-refractivity contribution >= 4 is 22.0 Å². The molecule has 1 aromatic carbocycles. The predicted molar refractivity (Wildman–Crippen MR) is 58.4 cm³/mol. The maximum Gasteiger partial charge on any atom is 0.0991 e.